The fraction of sp³-hybridized carbons (Fsp3) is 0.381. The number of carbonyl (C=O) groups is 1. The van der Waals surface area contributed by atoms with E-state index < -0.39 is 0 Å². The van der Waals surface area contributed by atoms with Crippen LogP contribution in [0, 0.1) is 0 Å². The number of methoxy groups -OCH3 is 3. The second-order valence-electron chi connectivity index (χ2n) is 6.42. The van der Waals surface area contributed by atoms with E-state index in [-0.39, 0.29) is 5.91 Å². The van der Waals surface area contributed by atoms with E-state index in [0.717, 1.165) is 25.9 Å². The van der Waals surface area contributed by atoms with Gasteiger partial charge in [-0.2, -0.15) is 0 Å². The summed E-state index contributed by atoms with van der Waals surface area (Å²) >= 11 is 0. The number of hydrogen-bond acceptors (Lipinski definition) is 4. The van der Waals surface area contributed by atoms with Gasteiger partial charge in [0.1, 0.15) is 0 Å². The van der Waals surface area contributed by atoms with Gasteiger partial charge in [0.05, 0.1) is 21.3 Å². The molecule has 138 valence electrons. The normalized spacial score (nSPS) is 16.9. The van der Waals surface area contributed by atoms with Crippen molar-refractivity contribution in [2.45, 2.75) is 18.8 Å². The molecule has 1 saturated heterocycles. The molecule has 0 spiro atoms. The Hall–Kier alpha value is -2.69. The highest BCUT2D eigenvalue weighted by Gasteiger charge is 2.27. The summed E-state index contributed by atoms with van der Waals surface area (Å²) in [4.78, 5) is 15.0. The third-order valence-electron chi connectivity index (χ3n) is 4.89. The first-order valence-electron chi connectivity index (χ1n) is 8.82. The molecule has 5 nitrogen and oxygen atoms in total. The van der Waals surface area contributed by atoms with Gasteiger partial charge in [-0.25, -0.2) is 0 Å². The summed E-state index contributed by atoms with van der Waals surface area (Å²) in [6.07, 6.45) is 2.10. The number of benzene rings is 2. The van der Waals surface area contributed by atoms with Crippen molar-refractivity contribution >= 4 is 5.91 Å². The van der Waals surface area contributed by atoms with Crippen LogP contribution in [-0.4, -0.2) is 45.2 Å². The van der Waals surface area contributed by atoms with Gasteiger partial charge in [0.25, 0.3) is 5.91 Å². The predicted molar refractivity (Wildman–Crippen MR) is 100 cm³/mol. The van der Waals surface area contributed by atoms with Crippen LogP contribution in [0.3, 0.4) is 0 Å². The first-order valence-corrected chi connectivity index (χ1v) is 8.82. The fourth-order valence-corrected chi connectivity index (χ4v) is 3.55. The third-order valence-corrected chi connectivity index (χ3v) is 4.89. The number of carbonyl (C=O) groups excluding carboxylic acids is 1. The molecule has 1 fully saturated rings. The van der Waals surface area contributed by atoms with E-state index in [1.807, 2.05) is 11.0 Å². The van der Waals surface area contributed by atoms with Gasteiger partial charge in [-0.05, 0) is 30.5 Å². The van der Waals surface area contributed by atoms with Gasteiger partial charge in [-0.15, -0.1) is 0 Å². The second kappa shape index (κ2) is 8.13. The van der Waals surface area contributed by atoms with Crippen molar-refractivity contribution in [3.8, 4) is 17.2 Å². The van der Waals surface area contributed by atoms with Crippen LogP contribution in [0.15, 0.2) is 42.5 Å². The van der Waals surface area contributed by atoms with E-state index in [1.165, 1.54) is 5.56 Å². The van der Waals surface area contributed by atoms with Crippen molar-refractivity contribution in [2.24, 2.45) is 0 Å². The molecule has 1 aliphatic heterocycles. The van der Waals surface area contributed by atoms with E-state index in [4.69, 9.17) is 14.2 Å². The standard InChI is InChI=1S/C21H25NO4/c1-24-18-12-17(13-19(25-2)20(18)26-3)21(23)22-11-7-10-16(14-22)15-8-5-4-6-9-15/h4-6,8-9,12-13,16H,7,10-11,14H2,1-3H3/t16-/m0/s1. The number of piperidine rings is 1. The Morgan fingerprint density at radius 2 is 1.65 bits per heavy atom. The topological polar surface area (TPSA) is 48.0 Å². The highest BCUT2D eigenvalue weighted by atomic mass is 16.5. The minimum Gasteiger partial charge on any atom is -0.493 e. The van der Waals surface area contributed by atoms with Crippen LogP contribution in [0.4, 0.5) is 0 Å². The molecule has 0 aliphatic carbocycles. The summed E-state index contributed by atoms with van der Waals surface area (Å²) in [6.45, 7) is 1.48. The van der Waals surface area contributed by atoms with Gasteiger partial charge >= 0.3 is 0 Å². The van der Waals surface area contributed by atoms with Gasteiger partial charge in [-0.3, -0.25) is 4.79 Å². The average Bonchev–Trinajstić information content (AvgIpc) is 2.72. The minimum atomic E-state index is -0.00937. The Balaban J connectivity index is 1.84. The number of nitrogens with zero attached hydrogens (tertiary/aromatic N) is 1. The molecule has 2 aromatic carbocycles. The molecule has 2 aromatic rings. The summed E-state index contributed by atoms with van der Waals surface area (Å²) in [5.74, 6) is 1.84. The smallest absolute Gasteiger partial charge is 0.254 e. The number of ether oxygens (including phenoxy) is 3. The summed E-state index contributed by atoms with van der Waals surface area (Å²) in [6, 6.07) is 13.8. The van der Waals surface area contributed by atoms with E-state index in [0.29, 0.717) is 28.7 Å². The maximum absolute atomic E-state index is 13.1. The van der Waals surface area contributed by atoms with Crippen LogP contribution >= 0.6 is 0 Å². The van der Waals surface area contributed by atoms with E-state index in [1.54, 1.807) is 33.5 Å². The molecule has 0 N–H and O–H groups in total. The van der Waals surface area contributed by atoms with Crippen LogP contribution in [0.5, 0.6) is 17.2 Å². The van der Waals surface area contributed by atoms with Gasteiger partial charge in [-0.1, -0.05) is 30.3 Å². The van der Waals surface area contributed by atoms with E-state index in [9.17, 15) is 4.79 Å². The van der Waals surface area contributed by atoms with Gasteiger partial charge in [0, 0.05) is 24.6 Å². The molecule has 1 aliphatic rings. The van der Waals surface area contributed by atoms with Gasteiger partial charge < -0.3 is 19.1 Å². The van der Waals surface area contributed by atoms with Gasteiger partial charge in [0.15, 0.2) is 11.5 Å². The molecule has 3 rings (SSSR count). The molecule has 26 heavy (non-hydrogen) atoms. The lowest BCUT2D eigenvalue weighted by Crippen LogP contribution is -2.39. The lowest BCUT2D eigenvalue weighted by Gasteiger charge is -2.33. The monoisotopic (exact) mass is 355 g/mol. The summed E-state index contributed by atoms with van der Waals surface area (Å²) in [5, 5.41) is 0. The number of amides is 1. The van der Waals surface area contributed by atoms with Crippen LogP contribution < -0.4 is 14.2 Å². The molecule has 0 aromatic heterocycles. The number of likely N-dealkylation sites (tertiary alicyclic amines) is 1. The maximum Gasteiger partial charge on any atom is 0.254 e. The Morgan fingerprint density at radius 3 is 2.23 bits per heavy atom. The highest BCUT2D eigenvalue weighted by Crippen LogP contribution is 2.39. The molecule has 5 heteroatoms. The maximum atomic E-state index is 13.1. The molecule has 0 bridgehead atoms. The van der Waals surface area contributed by atoms with Crippen molar-refractivity contribution in [2.75, 3.05) is 34.4 Å². The zero-order chi connectivity index (χ0) is 18.5. The minimum absolute atomic E-state index is 0.00937. The zero-order valence-corrected chi connectivity index (χ0v) is 15.5. The van der Waals surface area contributed by atoms with E-state index in [2.05, 4.69) is 24.3 Å². The Labute approximate surface area is 154 Å². The molecular weight excluding hydrogens is 330 g/mol. The largest absolute Gasteiger partial charge is 0.493 e. The number of hydrogen-bond donors (Lipinski definition) is 0. The van der Waals surface area contributed by atoms with E-state index >= 15 is 0 Å². The molecule has 1 heterocycles. The van der Waals surface area contributed by atoms with Crippen molar-refractivity contribution in [3.63, 3.8) is 0 Å². The van der Waals surface area contributed by atoms with Crippen LogP contribution in [0.25, 0.3) is 0 Å². The second-order valence-corrected chi connectivity index (χ2v) is 6.42. The lowest BCUT2D eigenvalue weighted by atomic mass is 9.90. The lowest BCUT2D eigenvalue weighted by molar-refractivity contribution is 0.0706. The number of rotatable bonds is 5. The molecule has 1 amide bonds. The zero-order valence-electron chi connectivity index (χ0n) is 15.5. The highest BCUT2D eigenvalue weighted by molar-refractivity contribution is 5.95. The molecule has 0 unspecified atom stereocenters. The summed E-state index contributed by atoms with van der Waals surface area (Å²) in [7, 11) is 4.66. The van der Waals surface area contributed by atoms with Gasteiger partial charge in [0.2, 0.25) is 5.75 Å². The van der Waals surface area contributed by atoms with Crippen molar-refractivity contribution in [1.29, 1.82) is 0 Å². The van der Waals surface area contributed by atoms with Crippen molar-refractivity contribution in [1.82, 2.24) is 4.90 Å². The SMILES string of the molecule is COc1cc(C(=O)N2CCC[C@H](c3ccccc3)C2)cc(OC)c1OC. The molecule has 0 saturated carbocycles. The van der Waals surface area contributed by atoms with Crippen LogP contribution in [-0.2, 0) is 0 Å². The molecule has 1 atom stereocenters. The molecular formula is C21H25NO4. The van der Waals surface area contributed by atoms with Crippen molar-refractivity contribution in [3.05, 3.63) is 53.6 Å². The Kier molecular flexibility index (Phi) is 5.66. The Bertz CT molecular complexity index is 735. The van der Waals surface area contributed by atoms with Crippen LogP contribution in [0.2, 0.25) is 0 Å². The fourth-order valence-electron chi connectivity index (χ4n) is 3.55. The quantitative estimate of drug-likeness (QED) is 0.820. The average molecular weight is 355 g/mol. The first kappa shape index (κ1) is 18.1. The third kappa shape index (κ3) is 3.62. The summed E-state index contributed by atoms with van der Waals surface area (Å²) < 4.78 is 16.1. The summed E-state index contributed by atoms with van der Waals surface area (Å²) in [5.41, 5.74) is 1.84. The van der Waals surface area contributed by atoms with Crippen LogP contribution in [0.1, 0.15) is 34.7 Å². The Morgan fingerprint density at radius 1 is 1.00 bits per heavy atom. The molecule has 0 radical (unpaired) electrons. The first-order chi connectivity index (χ1) is 12.7. The van der Waals surface area contributed by atoms with Crippen molar-refractivity contribution < 1.29 is 19.0 Å². The predicted octanol–water partition coefficient (Wildman–Crippen LogP) is 3.73.